The Labute approximate surface area is 128 Å². The molecule has 1 aromatic rings. The van der Waals surface area contributed by atoms with E-state index >= 15 is 0 Å². The first-order valence-electron chi connectivity index (χ1n) is 5.64. The van der Waals surface area contributed by atoms with Gasteiger partial charge in [-0.15, -0.1) is 11.3 Å². The summed E-state index contributed by atoms with van der Waals surface area (Å²) in [4.78, 5) is 0.355. The lowest BCUT2D eigenvalue weighted by Crippen LogP contribution is -2.41. The quantitative estimate of drug-likeness (QED) is 0.819. The highest BCUT2D eigenvalue weighted by Gasteiger charge is 2.33. The second-order valence-corrected chi connectivity index (χ2v) is 9.65. The third kappa shape index (κ3) is 2.83. The summed E-state index contributed by atoms with van der Waals surface area (Å²) in [5.41, 5.74) is 0. The monoisotopic (exact) mass is 416 g/mol. The zero-order valence-corrected chi connectivity index (χ0v) is 14.6. The molecule has 1 aromatic heterocycles. The molecule has 0 aromatic carbocycles. The molecule has 0 saturated carbocycles. The Bertz CT molecular complexity index is 524. The second kappa shape index (κ2) is 5.88. The molecule has 1 atom stereocenters. The summed E-state index contributed by atoms with van der Waals surface area (Å²) in [5.74, 6) is 0. The summed E-state index contributed by atoms with van der Waals surface area (Å²) in [7, 11) is -3.42. The Kier molecular flexibility index (Phi) is 4.88. The summed E-state index contributed by atoms with van der Waals surface area (Å²) in [6.45, 7) is 3.99. The average Bonchev–Trinajstić information content (AvgIpc) is 2.89. The average molecular weight is 418 g/mol. The molecule has 1 N–H and O–H groups in total. The van der Waals surface area contributed by atoms with E-state index in [9.17, 15) is 8.42 Å². The zero-order valence-electron chi connectivity index (χ0n) is 9.82. The second-order valence-electron chi connectivity index (χ2n) is 4.04. The van der Waals surface area contributed by atoms with E-state index in [0.29, 0.717) is 15.2 Å². The number of halogens is 2. The molecule has 102 valence electrons. The topological polar surface area (TPSA) is 49.4 Å². The molecule has 2 rings (SSSR count). The predicted octanol–water partition coefficient (Wildman–Crippen LogP) is 2.65. The van der Waals surface area contributed by atoms with Crippen molar-refractivity contribution < 1.29 is 8.42 Å². The molecule has 8 heteroatoms. The van der Waals surface area contributed by atoms with Crippen LogP contribution in [0.3, 0.4) is 0 Å². The van der Waals surface area contributed by atoms with Gasteiger partial charge in [0.1, 0.15) is 4.90 Å². The van der Waals surface area contributed by atoms with Crippen LogP contribution in [-0.2, 0) is 10.0 Å². The maximum atomic E-state index is 12.6. The lowest BCUT2D eigenvalue weighted by atomic mass is 10.3. The molecule has 1 saturated heterocycles. The lowest BCUT2D eigenvalue weighted by Gasteiger charge is -2.25. The van der Waals surface area contributed by atoms with Crippen molar-refractivity contribution in [1.29, 1.82) is 0 Å². The maximum absolute atomic E-state index is 12.6. The van der Waals surface area contributed by atoms with Crippen molar-refractivity contribution in [1.82, 2.24) is 9.62 Å². The molecular weight excluding hydrogens is 404 g/mol. The van der Waals surface area contributed by atoms with Crippen LogP contribution < -0.4 is 5.32 Å². The van der Waals surface area contributed by atoms with Crippen LogP contribution >= 0.6 is 43.2 Å². The molecule has 18 heavy (non-hydrogen) atoms. The van der Waals surface area contributed by atoms with Crippen LogP contribution in [0.5, 0.6) is 0 Å². The molecule has 0 radical (unpaired) electrons. The normalized spacial score (nSPS) is 20.8. The van der Waals surface area contributed by atoms with Crippen LogP contribution in [0.25, 0.3) is 0 Å². The van der Waals surface area contributed by atoms with Crippen molar-refractivity contribution in [3.63, 3.8) is 0 Å². The van der Waals surface area contributed by atoms with Crippen LogP contribution in [0.15, 0.2) is 18.5 Å². The molecule has 0 bridgehead atoms. The molecule has 1 aliphatic heterocycles. The Morgan fingerprint density at radius 1 is 1.56 bits per heavy atom. The van der Waals surface area contributed by atoms with Gasteiger partial charge < -0.3 is 5.32 Å². The highest BCUT2D eigenvalue weighted by atomic mass is 79.9. The Morgan fingerprint density at radius 2 is 2.28 bits per heavy atom. The molecule has 1 unspecified atom stereocenters. The van der Waals surface area contributed by atoms with E-state index in [1.165, 1.54) is 11.3 Å². The van der Waals surface area contributed by atoms with Gasteiger partial charge in [0.15, 0.2) is 0 Å². The van der Waals surface area contributed by atoms with E-state index in [4.69, 9.17) is 0 Å². The first-order valence-corrected chi connectivity index (χ1v) is 9.48. The van der Waals surface area contributed by atoms with Gasteiger partial charge in [-0.25, -0.2) is 8.42 Å². The van der Waals surface area contributed by atoms with Crippen LogP contribution in [0, 0.1) is 0 Å². The van der Waals surface area contributed by atoms with Crippen molar-refractivity contribution in [2.24, 2.45) is 0 Å². The van der Waals surface area contributed by atoms with Gasteiger partial charge in [0, 0.05) is 19.1 Å². The molecule has 2 heterocycles. The van der Waals surface area contributed by atoms with E-state index < -0.39 is 10.0 Å². The Balaban J connectivity index is 2.36. The first kappa shape index (κ1) is 14.9. The summed E-state index contributed by atoms with van der Waals surface area (Å²) in [6, 6.07) is 1.72. The van der Waals surface area contributed by atoms with Crippen molar-refractivity contribution in [2.75, 3.05) is 19.6 Å². The van der Waals surface area contributed by atoms with E-state index in [0.717, 1.165) is 23.3 Å². The van der Waals surface area contributed by atoms with E-state index in [2.05, 4.69) is 37.2 Å². The number of sulfonamides is 1. The summed E-state index contributed by atoms with van der Waals surface area (Å²) in [5, 5.41) is 3.21. The van der Waals surface area contributed by atoms with Crippen molar-refractivity contribution >= 4 is 53.2 Å². The predicted molar refractivity (Wildman–Crippen MR) is 80.6 cm³/mol. The maximum Gasteiger partial charge on any atom is 0.245 e. The summed E-state index contributed by atoms with van der Waals surface area (Å²) >= 11 is 8.03. The minimum Gasteiger partial charge on any atom is -0.315 e. The van der Waals surface area contributed by atoms with Gasteiger partial charge in [-0.3, -0.25) is 0 Å². The number of thiophene rings is 1. The fourth-order valence-electron chi connectivity index (χ4n) is 2.14. The SMILES string of the molecule is CCN(C1CCNC1)S(=O)(=O)c1cc(Br)sc1Br. The van der Waals surface area contributed by atoms with Gasteiger partial charge in [0.05, 0.1) is 7.57 Å². The summed E-state index contributed by atoms with van der Waals surface area (Å²) < 4.78 is 28.3. The van der Waals surface area contributed by atoms with Crippen molar-refractivity contribution in [3.05, 3.63) is 13.6 Å². The third-order valence-electron chi connectivity index (χ3n) is 2.97. The Hall–Kier alpha value is 0.530. The van der Waals surface area contributed by atoms with E-state index in [-0.39, 0.29) is 6.04 Å². The van der Waals surface area contributed by atoms with Gasteiger partial charge in [0.2, 0.25) is 10.0 Å². The summed E-state index contributed by atoms with van der Waals surface area (Å²) in [6.07, 6.45) is 0.871. The zero-order chi connectivity index (χ0) is 13.3. The lowest BCUT2D eigenvalue weighted by molar-refractivity contribution is 0.348. The standard InChI is InChI=1S/C10H14Br2N2O2S2/c1-2-14(7-3-4-13-6-7)18(15,16)8-5-9(11)17-10(8)12/h5,7,13H,2-4,6H2,1H3. The number of hydrogen-bond donors (Lipinski definition) is 1. The number of hydrogen-bond acceptors (Lipinski definition) is 4. The molecule has 1 fully saturated rings. The molecule has 0 spiro atoms. The molecule has 4 nitrogen and oxygen atoms in total. The number of nitrogens with one attached hydrogen (secondary N) is 1. The minimum absolute atomic E-state index is 0.0607. The minimum atomic E-state index is -3.42. The Morgan fingerprint density at radius 3 is 2.72 bits per heavy atom. The number of nitrogens with zero attached hydrogens (tertiary/aromatic N) is 1. The van der Waals surface area contributed by atoms with Crippen molar-refractivity contribution in [2.45, 2.75) is 24.3 Å². The fourth-order valence-corrected chi connectivity index (χ4v) is 7.56. The van der Waals surface area contributed by atoms with Gasteiger partial charge in [-0.2, -0.15) is 4.31 Å². The number of rotatable bonds is 4. The van der Waals surface area contributed by atoms with Gasteiger partial charge in [0.25, 0.3) is 0 Å². The smallest absolute Gasteiger partial charge is 0.245 e. The molecule has 0 aliphatic carbocycles. The van der Waals surface area contributed by atoms with Crippen molar-refractivity contribution in [3.8, 4) is 0 Å². The number of likely N-dealkylation sites (N-methyl/N-ethyl adjacent to an activating group) is 1. The fraction of sp³-hybridized carbons (Fsp3) is 0.600. The highest BCUT2D eigenvalue weighted by Crippen LogP contribution is 2.37. The van der Waals surface area contributed by atoms with Gasteiger partial charge in [-0.1, -0.05) is 6.92 Å². The van der Waals surface area contributed by atoms with E-state index in [1.807, 2.05) is 6.92 Å². The van der Waals surface area contributed by atoms with Crippen LogP contribution in [0.1, 0.15) is 13.3 Å². The van der Waals surface area contributed by atoms with Crippen LogP contribution in [0.2, 0.25) is 0 Å². The van der Waals surface area contributed by atoms with Gasteiger partial charge >= 0.3 is 0 Å². The highest BCUT2D eigenvalue weighted by molar-refractivity contribution is 9.12. The van der Waals surface area contributed by atoms with Crippen LogP contribution in [0.4, 0.5) is 0 Å². The largest absolute Gasteiger partial charge is 0.315 e. The van der Waals surface area contributed by atoms with Gasteiger partial charge in [-0.05, 0) is 50.9 Å². The molecule has 0 amide bonds. The van der Waals surface area contributed by atoms with E-state index in [1.54, 1.807) is 10.4 Å². The first-order chi connectivity index (χ1) is 8.46. The van der Waals surface area contributed by atoms with Crippen LogP contribution in [-0.4, -0.2) is 38.4 Å². The third-order valence-corrected chi connectivity index (χ3v) is 7.75. The molecular formula is C10H14Br2N2O2S2. The molecule has 1 aliphatic rings.